The lowest BCUT2D eigenvalue weighted by molar-refractivity contribution is -0.213. The predicted molar refractivity (Wildman–Crippen MR) is 68.4 cm³/mol. The third kappa shape index (κ3) is 3.05. The standard InChI is InChI=1S/C14H26O4/c1-3-4-5-7-13(2)12(15)6-8-14(11-18-13)16-9-10-17-14/h12,15H,3-11H2,1-2H3. The molecule has 2 aliphatic rings. The summed E-state index contributed by atoms with van der Waals surface area (Å²) in [4.78, 5) is 0. The molecule has 4 heteroatoms. The molecule has 0 aromatic rings. The second-order valence-corrected chi connectivity index (χ2v) is 5.72. The Morgan fingerprint density at radius 2 is 1.89 bits per heavy atom. The maximum atomic E-state index is 10.3. The van der Waals surface area contributed by atoms with E-state index in [2.05, 4.69) is 6.92 Å². The molecule has 2 fully saturated rings. The van der Waals surface area contributed by atoms with Crippen molar-refractivity contribution in [3.63, 3.8) is 0 Å². The predicted octanol–water partition coefficient (Wildman–Crippen LogP) is 2.24. The van der Waals surface area contributed by atoms with Gasteiger partial charge in [-0.15, -0.1) is 0 Å². The molecule has 1 N–H and O–H groups in total. The van der Waals surface area contributed by atoms with Crippen LogP contribution in [0.3, 0.4) is 0 Å². The average Bonchev–Trinajstić information content (AvgIpc) is 2.79. The molecule has 0 aromatic heterocycles. The molecule has 0 aliphatic carbocycles. The topological polar surface area (TPSA) is 47.9 Å². The van der Waals surface area contributed by atoms with E-state index in [9.17, 15) is 5.11 Å². The molecule has 2 unspecified atom stereocenters. The Bertz CT molecular complexity index is 263. The summed E-state index contributed by atoms with van der Waals surface area (Å²) in [7, 11) is 0. The quantitative estimate of drug-likeness (QED) is 0.786. The Hall–Kier alpha value is -0.160. The van der Waals surface area contributed by atoms with Crippen molar-refractivity contribution >= 4 is 0 Å². The van der Waals surface area contributed by atoms with E-state index < -0.39 is 17.5 Å². The lowest BCUT2D eigenvalue weighted by Crippen LogP contribution is -2.42. The molecule has 2 atom stereocenters. The van der Waals surface area contributed by atoms with E-state index in [1.54, 1.807) is 0 Å². The Morgan fingerprint density at radius 1 is 1.17 bits per heavy atom. The van der Waals surface area contributed by atoms with Crippen molar-refractivity contribution in [3.05, 3.63) is 0 Å². The Balaban J connectivity index is 1.95. The van der Waals surface area contributed by atoms with Gasteiger partial charge in [-0.05, 0) is 19.8 Å². The van der Waals surface area contributed by atoms with Crippen LogP contribution in [0.15, 0.2) is 0 Å². The highest BCUT2D eigenvalue weighted by Crippen LogP contribution is 2.36. The zero-order chi connectivity index (χ0) is 13.1. The smallest absolute Gasteiger partial charge is 0.192 e. The molecular weight excluding hydrogens is 232 g/mol. The summed E-state index contributed by atoms with van der Waals surface area (Å²) >= 11 is 0. The van der Waals surface area contributed by atoms with E-state index in [-0.39, 0.29) is 0 Å². The molecular formula is C14H26O4. The van der Waals surface area contributed by atoms with Crippen molar-refractivity contribution in [3.8, 4) is 0 Å². The maximum absolute atomic E-state index is 10.3. The fraction of sp³-hybridized carbons (Fsp3) is 1.00. The summed E-state index contributed by atoms with van der Waals surface area (Å²) in [6.07, 6.45) is 5.34. The molecule has 2 aliphatic heterocycles. The number of aliphatic hydroxyl groups excluding tert-OH is 1. The van der Waals surface area contributed by atoms with E-state index in [0.29, 0.717) is 26.2 Å². The average molecular weight is 258 g/mol. The third-order valence-electron chi connectivity index (χ3n) is 4.22. The van der Waals surface area contributed by atoms with Gasteiger partial charge in [-0.2, -0.15) is 0 Å². The number of hydrogen-bond acceptors (Lipinski definition) is 4. The van der Waals surface area contributed by atoms with Crippen LogP contribution >= 0.6 is 0 Å². The zero-order valence-corrected chi connectivity index (χ0v) is 11.6. The van der Waals surface area contributed by atoms with Crippen LogP contribution in [0.2, 0.25) is 0 Å². The highest BCUT2D eigenvalue weighted by molar-refractivity contribution is 4.91. The number of aliphatic hydroxyl groups is 1. The molecule has 4 nitrogen and oxygen atoms in total. The highest BCUT2D eigenvalue weighted by Gasteiger charge is 2.46. The van der Waals surface area contributed by atoms with E-state index in [1.807, 2.05) is 6.92 Å². The first-order chi connectivity index (χ1) is 8.60. The van der Waals surface area contributed by atoms with Crippen LogP contribution in [0.1, 0.15) is 52.4 Å². The van der Waals surface area contributed by atoms with Gasteiger partial charge in [-0.25, -0.2) is 0 Å². The lowest BCUT2D eigenvalue weighted by atomic mass is 9.89. The van der Waals surface area contributed by atoms with Crippen LogP contribution in [0.25, 0.3) is 0 Å². The van der Waals surface area contributed by atoms with Gasteiger partial charge in [0.2, 0.25) is 0 Å². The minimum absolute atomic E-state index is 0.429. The Morgan fingerprint density at radius 3 is 2.56 bits per heavy atom. The van der Waals surface area contributed by atoms with Gasteiger partial charge in [0.05, 0.1) is 24.9 Å². The molecule has 1 spiro atoms. The largest absolute Gasteiger partial charge is 0.390 e. The van der Waals surface area contributed by atoms with Gasteiger partial charge in [0.15, 0.2) is 5.79 Å². The van der Waals surface area contributed by atoms with Crippen LogP contribution in [-0.4, -0.2) is 42.4 Å². The van der Waals surface area contributed by atoms with Crippen molar-refractivity contribution in [1.29, 1.82) is 0 Å². The molecule has 18 heavy (non-hydrogen) atoms. The van der Waals surface area contributed by atoms with Crippen LogP contribution in [-0.2, 0) is 14.2 Å². The van der Waals surface area contributed by atoms with Gasteiger partial charge in [-0.3, -0.25) is 0 Å². The van der Waals surface area contributed by atoms with E-state index in [1.165, 1.54) is 12.8 Å². The fourth-order valence-electron chi connectivity index (χ4n) is 2.79. The molecule has 2 heterocycles. The van der Waals surface area contributed by atoms with Gasteiger partial charge in [-0.1, -0.05) is 26.2 Å². The van der Waals surface area contributed by atoms with Crippen molar-refractivity contribution < 1.29 is 19.3 Å². The van der Waals surface area contributed by atoms with Crippen molar-refractivity contribution in [1.82, 2.24) is 0 Å². The minimum Gasteiger partial charge on any atom is -0.390 e. The number of hydrogen-bond donors (Lipinski definition) is 1. The lowest BCUT2D eigenvalue weighted by Gasteiger charge is -2.33. The first kappa shape index (κ1) is 14.3. The molecule has 0 radical (unpaired) electrons. The molecule has 2 saturated heterocycles. The van der Waals surface area contributed by atoms with Gasteiger partial charge in [0.1, 0.15) is 6.61 Å². The molecule has 0 aromatic carbocycles. The van der Waals surface area contributed by atoms with Crippen molar-refractivity contribution in [2.24, 2.45) is 0 Å². The van der Waals surface area contributed by atoms with E-state index in [4.69, 9.17) is 14.2 Å². The maximum Gasteiger partial charge on any atom is 0.192 e. The van der Waals surface area contributed by atoms with Gasteiger partial charge < -0.3 is 19.3 Å². The van der Waals surface area contributed by atoms with E-state index in [0.717, 1.165) is 19.3 Å². The summed E-state index contributed by atoms with van der Waals surface area (Å²) in [5, 5.41) is 10.3. The minimum atomic E-state index is -0.594. The summed E-state index contributed by atoms with van der Waals surface area (Å²) in [5.74, 6) is -0.594. The zero-order valence-electron chi connectivity index (χ0n) is 11.6. The van der Waals surface area contributed by atoms with Crippen LogP contribution in [0.5, 0.6) is 0 Å². The number of unbranched alkanes of at least 4 members (excludes halogenated alkanes) is 2. The Kier molecular flexibility index (Phi) is 4.64. The van der Waals surface area contributed by atoms with Gasteiger partial charge in [0.25, 0.3) is 0 Å². The SMILES string of the molecule is CCCCCC1(C)OCC2(CCC1O)OCCO2. The van der Waals surface area contributed by atoms with Gasteiger partial charge >= 0.3 is 0 Å². The first-order valence-electron chi connectivity index (χ1n) is 7.20. The fourth-order valence-corrected chi connectivity index (χ4v) is 2.79. The van der Waals surface area contributed by atoms with Crippen LogP contribution < -0.4 is 0 Å². The Labute approximate surface area is 110 Å². The molecule has 2 rings (SSSR count). The molecule has 0 saturated carbocycles. The van der Waals surface area contributed by atoms with Crippen LogP contribution in [0, 0.1) is 0 Å². The summed E-state index contributed by atoms with van der Waals surface area (Å²) in [5.41, 5.74) is -0.450. The summed E-state index contributed by atoms with van der Waals surface area (Å²) in [6, 6.07) is 0. The second-order valence-electron chi connectivity index (χ2n) is 5.72. The van der Waals surface area contributed by atoms with Crippen molar-refractivity contribution in [2.45, 2.75) is 69.9 Å². The van der Waals surface area contributed by atoms with Gasteiger partial charge in [0, 0.05) is 6.42 Å². The van der Waals surface area contributed by atoms with Crippen LogP contribution in [0.4, 0.5) is 0 Å². The summed E-state index contributed by atoms with van der Waals surface area (Å²) < 4.78 is 17.3. The third-order valence-corrected chi connectivity index (χ3v) is 4.22. The highest BCUT2D eigenvalue weighted by atomic mass is 16.8. The molecule has 0 bridgehead atoms. The first-order valence-corrected chi connectivity index (χ1v) is 7.20. The molecule has 106 valence electrons. The van der Waals surface area contributed by atoms with Crippen molar-refractivity contribution in [2.75, 3.05) is 19.8 Å². The number of rotatable bonds is 4. The molecule has 0 amide bonds. The second kappa shape index (κ2) is 5.87. The van der Waals surface area contributed by atoms with E-state index >= 15 is 0 Å². The number of ether oxygens (including phenoxy) is 3. The monoisotopic (exact) mass is 258 g/mol. The summed E-state index contributed by atoms with van der Waals surface area (Å²) in [6.45, 7) is 5.90. The normalized spacial score (nSPS) is 35.8.